The van der Waals surface area contributed by atoms with Gasteiger partial charge >= 0.3 is 0 Å². The molecule has 0 radical (unpaired) electrons. The first-order valence-electron chi connectivity index (χ1n) is 11.2. The number of rotatable bonds is 7. The second-order valence-electron chi connectivity index (χ2n) is 8.80. The Kier molecular flexibility index (Phi) is 6.74. The number of piperidine rings is 1. The molecule has 1 aromatic carbocycles. The minimum Gasteiger partial charge on any atom is -0.493 e. The third-order valence-electron chi connectivity index (χ3n) is 6.47. The summed E-state index contributed by atoms with van der Waals surface area (Å²) < 4.78 is 26.6. The third kappa shape index (κ3) is 4.70. The molecule has 2 aromatic rings. The van der Waals surface area contributed by atoms with Gasteiger partial charge in [0.2, 0.25) is 0 Å². The van der Waals surface area contributed by atoms with Crippen molar-refractivity contribution in [3.05, 3.63) is 29.5 Å². The van der Waals surface area contributed by atoms with Gasteiger partial charge in [-0.05, 0) is 77.0 Å². The highest BCUT2D eigenvalue weighted by Gasteiger charge is 2.30. The molecule has 0 bridgehead atoms. The van der Waals surface area contributed by atoms with Crippen molar-refractivity contribution >= 4 is 10.9 Å². The van der Waals surface area contributed by atoms with Crippen LogP contribution in [0.5, 0.6) is 11.5 Å². The summed E-state index contributed by atoms with van der Waals surface area (Å²) in [6.45, 7) is 7.50. The average Bonchev–Trinajstić information content (AvgIpc) is 3.23. The summed E-state index contributed by atoms with van der Waals surface area (Å²) in [5.41, 5.74) is 2.80. The van der Waals surface area contributed by atoms with Crippen LogP contribution in [0.15, 0.2) is 18.2 Å². The van der Waals surface area contributed by atoms with Crippen LogP contribution in [0.25, 0.3) is 10.9 Å². The minimum atomic E-state index is -0.874. The zero-order valence-electron chi connectivity index (χ0n) is 18.5. The van der Waals surface area contributed by atoms with Gasteiger partial charge in [0.25, 0.3) is 0 Å². The SMILES string of the molecule is COc1cc2c(C3CCN(C)CC3F)cc(C)nc2cc1OCCCN1CCCC1. The normalized spacial score (nSPS) is 23.2. The van der Waals surface area contributed by atoms with Crippen LogP contribution in [0.4, 0.5) is 4.39 Å². The molecule has 5 nitrogen and oxygen atoms in total. The Bertz CT molecular complexity index is 869. The molecular weight excluding hydrogens is 381 g/mol. The van der Waals surface area contributed by atoms with E-state index < -0.39 is 6.17 Å². The number of likely N-dealkylation sites (tertiary alicyclic amines) is 2. The van der Waals surface area contributed by atoms with Gasteiger partial charge in [0, 0.05) is 36.2 Å². The molecule has 2 unspecified atom stereocenters. The Hall–Kier alpha value is -1.92. The van der Waals surface area contributed by atoms with Gasteiger partial charge in [0.15, 0.2) is 11.5 Å². The Morgan fingerprint density at radius 1 is 1.13 bits per heavy atom. The van der Waals surface area contributed by atoms with Crippen molar-refractivity contribution in [3.63, 3.8) is 0 Å². The number of hydrogen-bond donors (Lipinski definition) is 0. The van der Waals surface area contributed by atoms with E-state index in [9.17, 15) is 4.39 Å². The quantitative estimate of drug-likeness (QED) is 0.635. The van der Waals surface area contributed by atoms with Gasteiger partial charge < -0.3 is 19.3 Å². The lowest BCUT2D eigenvalue weighted by molar-refractivity contribution is 0.140. The number of hydrogen-bond acceptors (Lipinski definition) is 5. The lowest BCUT2D eigenvalue weighted by Gasteiger charge is -2.33. The summed E-state index contributed by atoms with van der Waals surface area (Å²) in [5.74, 6) is 1.30. The van der Waals surface area contributed by atoms with E-state index in [-0.39, 0.29) is 5.92 Å². The van der Waals surface area contributed by atoms with Gasteiger partial charge in [-0.25, -0.2) is 4.39 Å². The Balaban J connectivity index is 1.56. The Morgan fingerprint density at radius 3 is 2.67 bits per heavy atom. The summed E-state index contributed by atoms with van der Waals surface area (Å²) in [4.78, 5) is 9.28. The number of benzene rings is 1. The van der Waals surface area contributed by atoms with E-state index in [1.807, 2.05) is 32.2 Å². The molecule has 30 heavy (non-hydrogen) atoms. The first kappa shape index (κ1) is 21.3. The Labute approximate surface area is 179 Å². The standard InChI is InChI=1S/C24H34FN3O2/c1-17-13-19(18-7-11-27(2)16-21(18)25)20-14-23(29-3)24(15-22(20)26-17)30-12-6-10-28-8-4-5-9-28/h13-15,18,21H,4-12,16H2,1-3H3. The molecule has 0 spiro atoms. The smallest absolute Gasteiger partial charge is 0.163 e. The maximum atomic E-state index is 14.9. The maximum Gasteiger partial charge on any atom is 0.163 e. The molecule has 2 fully saturated rings. The van der Waals surface area contributed by atoms with E-state index in [1.165, 1.54) is 25.9 Å². The van der Waals surface area contributed by atoms with E-state index in [0.717, 1.165) is 53.8 Å². The summed E-state index contributed by atoms with van der Waals surface area (Å²) >= 11 is 0. The van der Waals surface area contributed by atoms with Crippen LogP contribution in [0.1, 0.15) is 42.9 Å². The van der Waals surface area contributed by atoms with Gasteiger partial charge in [-0.15, -0.1) is 0 Å². The molecule has 6 heteroatoms. The topological polar surface area (TPSA) is 37.8 Å². The number of halogens is 1. The number of aryl methyl sites for hydroxylation is 1. The van der Waals surface area contributed by atoms with Gasteiger partial charge in [0.1, 0.15) is 6.17 Å². The van der Waals surface area contributed by atoms with Crippen LogP contribution in [0.3, 0.4) is 0 Å². The number of methoxy groups -OCH3 is 1. The predicted octanol–water partition coefficient (Wildman–Crippen LogP) is 4.17. The molecule has 0 amide bonds. The second kappa shape index (κ2) is 9.48. The summed E-state index contributed by atoms with van der Waals surface area (Å²) in [6.07, 6.45) is 3.55. The number of aromatic nitrogens is 1. The fraction of sp³-hybridized carbons (Fsp3) is 0.625. The number of fused-ring (bicyclic) bond motifs is 1. The van der Waals surface area contributed by atoms with E-state index >= 15 is 0 Å². The van der Waals surface area contributed by atoms with Crippen molar-refractivity contribution in [2.24, 2.45) is 0 Å². The van der Waals surface area contributed by atoms with Crippen molar-refractivity contribution in [2.75, 3.05) is 53.5 Å². The van der Waals surface area contributed by atoms with Crippen LogP contribution in [-0.2, 0) is 0 Å². The largest absolute Gasteiger partial charge is 0.493 e. The molecule has 164 valence electrons. The fourth-order valence-corrected chi connectivity index (χ4v) is 4.86. The van der Waals surface area contributed by atoms with E-state index in [1.54, 1.807) is 7.11 Å². The summed E-state index contributed by atoms with van der Waals surface area (Å²) in [7, 11) is 3.64. The molecule has 0 saturated carbocycles. The maximum absolute atomic E-state index is 14.9. The van der Waals surface area contributed by atoms with Crippen molar-refractivity contribution < 1.29 is 13.9 Å². The molecule has 2 aliphatic rings. The van der Waals surface area contributed by atoms with Crippen molar-refractivity contribution in [1.82, 2.24) is 14.8 Å². The first-order chi connectivity index (χ1) is 14.5. The number of pyridine rings is 1. The highest BCUT2D eigenvalue weighted by molar-refractivity contribution is 5.86. The average molecular weight is 416 g/mol. The zero-order valence-corrected chi connectivity index (χ0v) is 18.5. The van der Waals surface area contributed by atoms with Crippen molar-refractivity contribution in [2.45, 2.75) is 44.7 Å². The molecule has 2 aliphatic heterocycles. The summed E-state index contributed by atoms with van der Waals surface area (Å²) in [5, 5.41) is 0.971. The predicted molar refractivity (Wildman–Crippen MR) is 119 cm³/mol. The van der Waals surface area contributed by atoms with E-state index in [2.05, 4.69) is 9.80 Å². The molecule has 0 aliphatic carbocycles. The lowest BCUT2D eigenvalue weighted by Crippen LogP contribution is -2.38. The van der Waals surface area contributed by atoms with Crippen LogP contribution >= 0.6 is 0 Å². The molecule has 2 saturated heterocycles. The van der Waals surface area contributed by atoms with Crippen molar-refractivity contribution in [1.29, 1.82) is 0 Å². The van der Waals surface area contributed by atoms with Gasteiger partial charge in [-0.1, -0.05) is 0 Å². The van der Waals surface area contributed by atoms with Gasteiger partial charge in [-0.2, -0.15) is 0 Å². The van der Waals surface area contributed by atoms with Crippen LogP contribution in [0.2, 0.25) is 0 Å². The fourth-order valence-electron chi connectivity index (χ4n) is 4.86. The lowest BCUT2D eigenvalue weighted by atomic mass is 9.85. The Morgan fingerprint density at radius 2 is 1.93 bits per heavy atom. The summed E-state index contributed by atoms with van der Waals surface area (Å²) in [6, 6.07) is 5.99. The monoisotopic (exact) mass is 415 g/mol. The van der Waals surface area contributed by atoms with Gasteiger partial charge in [0.05, 0.1) is 19.2 Å². The molecule has 2 atom stereocenters. The van der Waals surface area contributed by atoms with Crippen LogP contribution in [0, 0.1) is 6.92 Å². The number of nitrogens with zero attached hydrogens (tertiary/aromatic N) is 3. The van der Waals surface area contributed by atoms with E-state index in [0.29, 0.717) is 18.9 Å². The highest BCUT2D eigenvalue weighted by atomic mass is 19.1. The molecule has 3 heterocycles. The minimum absolute atomic E-state index is 0.109. The second-order valence-corrected chi connectivity index (χ2v) is 8.80. The zero-order chi connectivity index (χ0) is 21.1. The van der Waals surface area contributed by atoms with Gasteiger partial charge in [-0.3, -0.25) is 4.98 Å². The van der Waals surface area contributed by atoms with E-state index in [4.69, 9.17) is 14.5 Å². The van der Waals surface area contributed by atoms with Crippen molar-refractivity contribution in [3.8, 4) is 11.5 Å². The van der Waals surface area contributed by atoms with Crippen LogP contribution < -0.4 is 9.47 Å². The first-order valence-corrected chi connectivity index (χ1v) is 11.2. The molecule has 4 rings (SSSR count). The number of ether oxygens (including phenoxy) is 2. The molecule has 1 aromatic heterocycles. The molecular formula is C24H34FN3O2. The highest BCUT2D eigenvalue weighted by Crippen LogP contribution is 2.39. The van der Waals surface area contributed by atoms with Crippen LogP contribution in [-0.4, -0.2) is 74.4 Å². The number of alkyl halides is 1. The third-order valence-corrected chi connectivity index (χ3v) is 6.47. The molecule has 0 N–H and O–H groups in total.